The Labute approximate surface area is 194 Å². The van der Waals surface area contributed by atoms with Crippen molar-refractivity contribution in [3.05, 3.63) is 62.9 Å². The van der Waals surface area contributed by atoms with Crippen molar-refractivity contribution < 1.29 is 4.79 Å². The number of nitrogens with one attached hydrogen (secondary N) is 1. The molecule has 0 bridgehead atoms. The fourth-order valence-corrected chi connectivity index (χ4v) is 4.66. The minimum atomic E-state index is -0.211. The van der Waals surface area contributed by atoms with E-state index in [0.29, 0.717) is 29.6 Å². The molecule has 4 rings (SSSR count). The molecule has 32 heavy (non-hydrogen) atoms. The first kappa shape index (κ1) is 22.6. The second-order valence-corrected chi connectivity index (χ2v) is 9.22. The Kier molecular flexibility index (Phi) is 7.30. The highest BCUT2D eigenvalue weighted by atomic mass is 35.5. The van der Waals surface area contributed by atoms with Crippen LogP contribution in [0.15, 0.2) is 46.8 Å². The van der Waals surface area contributed by atoms with Crippen molar-refractivity contribution in [1.29, 1.82) is 0 Å². The molecule has 2 heterocycles. The van der Waals surface area contributed by atoms with E-state index in [0.717, 1.165) is 31.4 Å². The number of hydrogen-bond donors (Lipinski definition) is 1. The minimum Gasteiger partial charge on any atom is -0.355 e. The SMILES string of the molecule is Cc1ccc(-n2nc(N3CCC[C@@H](C(=O)NCCC4=CCCCC4)C3)ccc2=O)cc1Cl. The molecular formula is C25H31ClN4O2. The van der Waals surface area contributed by atoms with E-state index >= 15 is 0 Å². The van der Waals surface area contributed by atoms with E-state index in [2.05, 4.69) is 21.4 Å². The molecule has 1 aliphatic carbocycles. The van der Waals surface area contributed by atoms with Crippen LogP contribution in [0.3, 0.4) is 0 Å². The van der Waals surface area contributed by atoms with E-state index < -0.39 is 0 Å². The van der Waals surface area contributed by atoms with E-state index in [1.807, 2.05) is 19.1 Å². The lowest BCUT2D eigenvalue weighted by molar-refractivity contribution is -0.125. The van der Waals surface area contributed by atoms with Gasteiger partial charge in [-0.25, -0.2) is 0 Å². The number of carbonyl (C=O) groups excluding carboxylic acids is 1. The second kappa shape index (κ2) is 10.3. The summed E-state index contributed by atoms with van der Waals surface area (Å²) in [5.74, 6) is 0.746. The van der Waals surface area contributed by atoms with Gasteiger partial charge in [0.05, 0.1) is 11.6 Å². The zero-order chi connectivity index (χ0) is 22.5. The Morgan fingerprint density at radius 2 is 2.09 bits per heavy atom. The zero-order valence-corrected chi connectivity index (χ0v) is 19.4. The Balaban J connectivity index is 1.41. The number of benzene rings is 1. The number of allylic oxidation sites excluding steroid dienone is 1. The topological polar surface area (TPSA) is 67.2 Å². The summed E-state index contributed by atoms with van der Waals surface area (Å²) >= 11 is 6.25. The Hall–Kier alpha value is -2.60. The summed E-state index contributed by atoms with van der Waals surface area (Å²) < 4.78 is 1.38. The number of amides is 1. The maximum atomic E-state index is 12.8. The van der Waals surface area contributed by atoms with Crippen LogP contribution in [-0.4, -0.2) is 35.3 Å². The molecule has 1 amide bonds. The van der Waals surface area contributed by atoms with Crippen molar-refractivity contribution in [2.75, 3.05) is 24.5 Å². The number of hydrogen-bond acceptors (Lipinski definition) is 4. The highest BCUT2D eigenvalue weighted by Crippen LogP contribution is 2.23. The monoisotopic (exact) mass is 454 g/mol. The number of piperidine rings is 1. The molecule has 170 valence electrons. The number of carbonyl (C=O) groups is 1. The molecule has 0 radical (unpaired) electrons. The summed E-state index contributed by atoms with van der Waals surface area (Å²) in [6, 6.07) is 8.74. The number of aryl methyl sites for hydroxylation is 1. The average molecular weight is 455 g/mol. The maximum absolute atomic E-state index is 12.8. The molecule has 1 saturated heterocycles. The van der Waals surface area contributed by atoms with E-state index in [9.17, 15) is 9.59 Å². The Morgan fingerprint density at radius 3 is 2.88 bits per heavy atom. The van der Waals surface area contributed by atoms with Crippen LogP contribution >= 0.6 is 11.6 Å². The van der Waals surface area contributed by atoms with Gasteiger partial charge < -0.3 is 10.2 Å². The predicted molar refractivity (Wildman–Crippen MR) is 129 cm³/mol. The van der Waals surface area contributed by atoms with Gasteiger partial charge >= 0.3 is 0 Å². The standard InChI is InChI=1S/C25H31ClN4O2/c1-18-9-10-21(16-22(18)26)30-24(31)12-11-23(28-30)29-15-5-8-20(17-29)25(32)27-14-13-19-6-3-2-4-7-19/h6,9-12,16,20H,2-5,7-8,13-15,17H2,1H3,(H,27,32)/t20-/m1/s1. The third-order valence-corrected chi connectivity index (χ3v) is 6.84. The van der Waals surface area contributed by atoms with Gasteiger partial charge in [0, 0.05) is 30.7 Å². The second-order valence-electron chi connectivity index (χ2n) is 8.81. The summed E-state index contributed by atoms with van der Waals surface area (Å²) in [6.07, 6.45) is 9.96. The fraction of sp³-hybridized carbons (Fsp3) is 0.480. The third kappa shape index (κ3) is 5.41. The average Bonchev–Trinajstić information content (AvgIpc) is 2.82. The molecule has 7 heteroatoms. The summed E-state index contributed by atoms with van der Waals surface area (Å²) in [5, 5.41) is 8.32. The molecule has 6 nitrogen and oxygen atoms in total. The molecule has 1 aromatic heterocycles. The van der Waals surface area contributed by atoms with Crippen molar-refractivity contribution in [3.8, 4) is 5.69 Å². The molecule has 2 aromatic rings. The summed E-state index contributed by atoms with van der Waals surface area (Å²) in [6.45, 7) is 4.05. The quantitative estimate of drug-likeness (QED) is 0.656. The summed E-state index contributed by atoms with van der Waals surface area (Å²) in [5.41, 5.74) is 2.85. The van der Waals surface area contributed by atoms with Crippen LogP contribution in [0.4, 0.5) is 5.82 Å². The molecule has 1 atom stereocenters. The normalized spacial score (nSPS) is 18.9. The lowest BCUT2D eigenvalue weighted by Gasteiger charge is -2.33. The van der Waals surface area contributed by atoms with Gasteiger partial charge in [-0.05, 0) is 75.6 Å². The number of rotatable bonds is 6. The maximum Gasteiger partial charge on any atom is 0.271 e. The van der Waals surface area contributed by atoms with Crippen molar-refractivity contribution in [3.63, 3.8) is 0 Å². The molecular weight excluding hydrogens is 424 g/mol. The molecule has 2 aliphatic rings. The van der Waals surface area contributed by atoms with Crippen molar-refractivity contribution in [2.45, 2.75) is 51.9 Å². The molecule has 0 saturated carbocycles. The summed E-state index contributed by atoms with van der Waals surface area (Å²) in [4.78, 5) is 27.3. The van der Waals surface area contributed by atoms with E-state index in [4.69, 9.17) is 11.6 Å². The Bertz CT molecular complexity index is 1060. The molecule has 0 unspecified atom stereocenters. The van der Waals surface area contributed by atoms with Gasteiger partial charge in [-0.15, -0.1) is 5.10 Å². The van der Waals surface area contributed by atoms with Crippen LogP contribution in [0.5, 0.6) is 0 Å². The molecule has 1 aromatic carbocycles. The van der Waals surface area contributed by atoms with Crippen LogP contribution in [-0.2, 0) is 4.79 Å². The lowest BCUT2D eigenvalue weighted by atomic mass is 9.96. The first-order chi connectivity index (χ1) is 15.5. The minimum absolute atomic E-state index is 0.0694. The molecule has 1 aliphatic heterocycles. The fourth-order valence-electron chi connectivity index (χ4n) is 4.49. The van der Waals surface area contributed by atoms with Gasteiger partial charge in [-0.2, -0.15) is 4.68 Å². The van der Waals surface area contributed by atoms with Gasteiger partial charge in [-0.1, -0.05) is 29.3 Å². The number of aromatic nitrogens is 2. The van der Waals surface area contributed by atoms with Gasteiger partial charge in [0.1, 0.15) is 5.82 Å². The van der Waals surface area contributed by atoms with Crippen molar-refractivity contribution >= 4 is 23.3 Å². The summed E-state index contributed by atoms with van der Waals surface area (Å²) in [7, 11) is 0. The Morgan fingerprint density at radius 1 is 1.22 bits per heavy atom. The van der Waals surface area contributed by atoms with E-state index in [-0.39, 0.29) is 17.4 Å². The third-order valence-electron chi connectivity index (χ3n) is 6.43. The van der Waals surface area contributed by atoms with Gasteiger partial charge in [-0.3, -0.25) is 9.59 Å². The van der Waals surface area contributed by atoms with Gasteiger partial charge in [0.25, 0.3) is 5.56 Å². The van der Waals surface area contributed by atoms with Gasteiger partial charge in [0.2, 0.25) is 5.91 Å². The number of anilines is 1. The highest BCUT2D eigenvalue weighted by molar-refractivity contribution is 6.31. The lowest BCUT2D eigenvalue weighted by Crippen LogP contribution is -2.44. The van der Waals surface area contributed by atoms with Crippen LogP contribution in [0.1, 0.15) is 50.5 Å². The predicted octanol–water partition coefficient (Wildman–Crippen LogP) is 4.42. The first-order valence-electron chi connectivity index (χ1n) is 11.6. The van der Waals surface area contributed by atoms with Crippen molar-refractivity contribution in [2.24, 2.45) is 5.92 Å². The van der Waals surface area contributed by atoms with E-state index in [1.54, 1.807) is 12.1 Å². The molecule has 1 fully saturated rings. The van der Waals surface area contributed by atoms with Crippen molar-refractivity contribution in [1.82, 2.24) is 15.1 Å². The van der Waals surface area contributed by atoms with E-state index in [1.165, 1.54) is 42.0 Å². The number of halogens is 1. The zero-order valence-electron chi connectivity index (χ0n) is 18.6. The first-order valence-corrected chi connectivity index (χ1v) is 12.0. The highest BCUT2D eigenvalue weighted by Gasteiger charge is 2.27. The smallest absolute Gasteiger partial charge is 0.271 e. The van der Waals surface area contributed by atoms with Crippen LogP contribution in [0.25, 0.3) is 5.69 Å². The molecule has 0 spiro atoms. The van der Waals surface area contributed by atoms with Gasteiger partial charge in [0.15, 0.2) is 0 Å². The largest absolute Gasteiger partial charge is 0.355 e. The molecule has 1 N–H and O–H groups in total. The number of nitrogens with zero attached hydrogens (tertiary/aromatic N) is 3. The van der Waals surface area contributed by atoms with Crippen LogP contribution in [0.2, 0.25) is 5.02 Å². The van der Waals surface area contributed by atoms with Crippen LogP contribution < -0.4 is 15.8 Å². The van der Waals surface area contributed by atoms with Crippen LogP contribution in [0, 0.1) is 12.8 Å².